The van der Waals surface area contributed by atoms with Gasteiger partial charge >= 0.3 is 0 Å². The zero-order valence-corrected chi connectivity index (χ0v) is 13.1. The van der Waals surface area contributed by atoms with Gasteiger partial charge in [0.15, 0.2) is 0 Å². The third-order valence-electron chi connectivity index (χ3n) is 2.39. The average molecular weight is 405 g/mol. The molecule has 0 aromatic heterocycles. The lowest BCUT2D eigenvalue weighted by atomic mass is 10.2. The predicted molar refractivity (Wildman–Crippen MR) is 79.2 cm³/mol. The average Bonchev–Trinajstić information content (AvgIpc) is 2.34. The van der Waals surface area contributed by atoms with Gasteiger partial charge in [-0.3, -0.25) is 10.1 Å². The number of ether oxygens (including phenoxy) is 1. The molecule has 0 radical (unpaired) electrons. The van der Waals surface area contributed by atoms with Crippen molar-refractivity contribution >= 4 is 37.5 Å². The van der Waals surface area contributed by atoms with Crippen LogP contribution in [0.5, 0.6) is 5.75 Å². The van der Waals surface area contributed by atoms with Crippen LogP contribution in [-0.2, 0) is 6.61 Å². The Balaban J connectivity index is 2.16. The van der Waals surface area contributed by atoms with E-state index in [1.807, 2.05) is 0 Å². The minimum absolute atomic E-state index is 0.0743. The zero-order valence-electron chi connectivity index (χ0n) is 9.98. The van der Waals surface area contributed by atoms with E-state index in [0.717, 1.165) is 0 Å². The zero-order chi connectivity index (χ0) is 14.7. The number of nitrogens with zero attached hydrogens (tertiary/aromatic N) is 1. The van der Waals surface area contributed by atoms with Crippen LogP contribution in [0.15, 0.2) is 45.3 Å². The minimum Gasteiger partial charge on any atom is -0.489 e. The Morgan fingerprint density at radius 2 is 1.80 bits per heavy atom. The molecule has 0 saturated heterocycles. The van der Waals surface area contributed by atoms with Gasteiger partial charge in [-0.1, -0.05) is 31.9 Å². The molecule has 0 saturated carbocycles. The molecule has 0 N–H and O–H groups in total. The molecule has 0 aliphatic rings. The summed E-state index contributed by atoms with van der Waals surface area (Å²) in [4.78, 5) is 10.2. The Labute approximate surface area is 131 Å². The number of hydrogen-bond donors (Lipinski definition) is 0. The SMILES string of the molecule is O=[N+]([O-])c1cc(Br)cc(OCc2cc(F)cc(Br)c2)c1. The summed E-state index contributed by atoms with van der Waals surface area (Å²) in [6.45, 7) is 0.115. The summed E-state index contributed by atoms with van der Waals surface area (Å²) in [5.74, 6) is -0.0374. The van der Waals surface area contributed by atoms with Crippen molar-refractivity contribution in [1.82, 2.24) is 0 Å². The molecule has 0 heterocycles. The fourth-order valence-electron chi connectivity index (χ4n) is 1.60. The third kappa shape index (κ3) is 4.01. The molecule has 0 unspecified atom stereocenters. The molecule has 4 nitrogen and oxygen atoms in total. The minimum atomic E-state index is -0.504. The number of hydrogen-bond acceptors (Lipinski definition) is 3. The highest BCUT2D eigenvalue weighted by atomic mass is 79.9. The number of halogens is 3. The number of nitro benzene ring substituents is 1. The Morgan fingerprint density at radius 3 is 2.45 bits per heavy atom. The lowest BCUT2D eigenvalue weighted by molar-refractivity contribution is -0.385. The molecule has 104 valence electrons. The van der Waals surface area contributed by atoms with E-state index >= 15 is 0 Å². The lowest BCUT2D eigenvalue weighted by Gasteiger charge is -2.07. The molecule has 2 rings (SSSR count). The summed E-state index contributed by atoms with van der Waals surface area (Å²) in [5, 5.41) is 10.7. The highest BCUT2D eigenvalue weighted by molar-refractivity contribution is 9.10. The smallest absolute Gasteiger partial charge is 0.274 e. The van der Waals surface area contributed by atoms with Crippen LogP contribution in [0, 0.1) is 15.9 Å². The van der Waals surface area contributed by atoms with Crippen molar-refractivity contribution in [3.05, 3.63) is 66.8 Å². The fourth-order valence-corrected chi connectivity index (χ4v) is 2.57. The van der Waals surface area contributed by atoms with E-state index in [1.165, 1.54) is 24.3 Å². The molecule has 2 aromatic rings. The molecular weight excluding hydrogens is 397 g/mol. The second kappa shape index (κ2) is 6.32. The third-order valence-corrected chi connectivity index (χ3v) is 3.31. The normalized spacial score (nSPS) is 10.3. The van der Waals surface area contributed by atoms with Gasteiger partial charge in [-0.25, -0.2) is 4.39 Å². The molecule has 7 heteroatoms. The number of rotatable bonds is 4. The van der Waals surface area contributed by atoms with Gasteiger partial charge in [-0.15, -0.1) is 0 Å². The number of nitro groups is 1. The van der Waals surface area contributed by atoms with Crippen LogP contribution in [0.3, 0.4) is 0 Å². The van der Waals surface area contributed by atoms with Crippen LogP contribution in [0.25, 0.3) is 0 Å². The van der Waals surface area contributed by atoms with Crippen molar-refractivity contribution < 1.29 is 14.1 Å². The van der Waals surface area contributed by atoms with Gasteiger partial charge in [0, 0.05) is 15.0 Å². The van der Waals surface area contributed by atoms with Crippen molar-refractivity contribution in [3.8, 4) is 5.75 Å². The molecule has 2 aromatic carbocycles. The van der Waals surface area contributed by atoms with Crippen LogP contribution in [0.1, 0.15) is 5.56 Å². The maximum atomic E-state index is 13.2. The monoisotopic (exact) mass is 403 g/mol. The molecular formula is C13H8Br2FNO3. The molecule has 20 heavy (non-hydrogen) atoms. The van der Waals surface area contributed by atoms with Crippen molar-refractivity contribution in [2.75, 3.05) is 0 Å². The van der Waals surface area contributed by atoms with E-state index < -0.39 is 4.92 Å². The van der Waals surface area contributed by atoms with Gasteiger partial charge in [0.05, 0.1) is 11.0 Å². The lowest BCUT2D eigenvalue weighted by Crippen LogP contribution is -1.97. The van der Waals surface area contributed by atoms with Gasteiger partial charge in [0.1, 0.15) is 18.2 Å². The maximum Gasteiger partial charge on any atom is 0.274 e. The maximum absolute atomic E-state index is 13.2. The Kier molecular flexibility index (Phi) is 4.72. The molecule has 0 amide bonds. The van der Waals surface area contributed by atoms with Crippen molar-refractivity contribution in [3.63, 3.8) is 0 Å². The predicted octanol–water partition coefficient (Wildman–Crippen LogP) is 4.84. The first kappa shape index (κ1) is 14.9. The molecule has 0 aliphatic heterocycles. The summed E-state index contributed by atoms with van der Waals surface area (Å²) < 4.78 is 19.8. The van der Waals surface area contributed by atoms with Gasteiger partial charge in [-0.05, 0) is 29.8 Å². The van der Waals surface area contributed by atoms with Crippen LogP contribution in [0.2, 0.25) is 0 Å². The van der Waals surface area contributed by atoms with Crippen molar-refractivity contribution in [2.45, 2.75) is 6.61 Å². The standard InChI is InChI=1S/C13H8Br2FNO3/c14-9-1-8(2-11(16)3-9)7-20-13-5-10(15)4-12(6-13)17(18)19/h1-6H,7H2. The molecule has 0 fully saturated rings. The largest absolute Gasteiger partial charge is 0.489 e. The summed E-state index contributed by atoms with van der Waals surface area (Å²) in [6.07, 6.45) is 0. The van der Waals surface area contributed by atoms with Crippen LogP contribution in [-0.4, -0.2) is 4.92 Å². The van der Waals surface area contributed by atoms with Gasteiger partial charge in [-0.2, -0.15) is 0 Å². The van der Waals surface area contributed by atoms with Crippen LogP contribution < -0.4 is 4.74 Å². The first-order valence-corrected chi connectivity index (χ1v) is 7.05. The number of non-ortho nitro benzene ring substituents is 1. The van der Waals surface area contributed by atoms with E-state index in [0.29, 0.717) is 20.3 Å². The number of benzene rings is 2. The van der Waals surface area contributed by atoms with Gasteiger partial charge in [0.2, 0.25) is 0 Å². The van der Waals surface area contributed by atoms with E-state index in [9.17, 15) is 14.5 Å². The van der Waals surface area contributed by atoms with E-state index in [2.05, 4.69) is 31.9 Å². The van der Waals surface area contributed by atoms with Crippen molar-refractivity contribution in [2.24, 2.45) is 0 Å². The summed E-state index contributed by atoms with van der Waals surface area (Å²) >= 11 is 6.37. The second-order valence-electron chi connectivity index (χ2n) is 3.97. The Morgan fingerprint density at radius 1 is 1.10 bits per heavy atom. The Bertz CT molecular complexity index is 644. The van der Waals surface area contributed by atoms with Crippen LogP contribution in [0.4, 0.5) is 10.1 Å². The Hall–Kier alpha value is -1.47. The van der Waals surface area contributed by atoms with E-state index in [4.69, 9.17) is 4.74 Å². The molecule has 0 aliphatic carbocycles. The summed E-state index contributed by atoms with van der Waals surface area (Å²) in [6, 6.07) is 8.71. The second-order valence-corrected chi connectivity index (χ2v) is 5.80. The summed E-state index contributed by atoms with van der Waals surface area (Å²) in [7, 11) is 0. The first-order valence-electron chi connectivity index (χ1n) is 5.47. The highest BCUT2D eigenvalue weighted by Gasteiger charge is 2.10. The van der Waals surface area contributed by atoms with Gasteiger partial charge in [0.25, 0.3) is 5.69 Å². The van der Waals surface area contributed by atoms with E-state index in [-0.39, 0.29) is 18.1 Å². The molecule has 0 atom stereocenters. The van der Waals surface area contributed by atoms with Gasteiger partial charge < -0.3 is 4.74 Å². The van der Waals surface area contributed by atoms with Crippen LogP contribution >= 0.6 is 31.9 Å². The van der Waals surface area contributed by atoms with E-state index in [1.54, 1.807) is 12.1 Å². The summed E-state index contributed by atoms with van der Waals surface area (Å²) in [5.41, 5.74) is 0.550. The quantitative estimate of drug-likeness (QED) is 0.541. The molecule has 0 spiro atoms. The molecule has 0 bridgehead atoms. The highest BCUT2D eigenvalue weighted by Crippen LogP contribution is 2.27. The topological polar surface area (TPSA) is 52.4 Å². The van der Waals surface area contributed by atoms with Crippen molar-refractivity contribution in [1.29, 1.82) is 0 Å². The fraction of sp³-hybridized carbons (Fsp3) is 0.0769. The first-order chi connectivity index (χ1) is 9.44.